The van der Waals surface area contributed by atoms with Gasteiger partial charge in [-0.25, -0.2) is 0 Å². The van der Waals surface area contributed by atoms with Crippen molar-refractivity contribution in [3.63, 3.8) is 0 Å². The second-order valence-electron chi connectivity index (χ2n) is 6.31. The molecule has 0 bridgehead atoms. The Morgan fingerprint density at radius 2 is 2.09 bits per heavy atom. The first kappa shape index (κ1) is 17.5. The number of hydrogen-bond donors (Lipinski definition) is 1. The van der Waals surface area contributed by atoms with Crippen molar-refractivity contribution < 1.29 is 14.4 Å². The molecule has 1 aliphatic heterocycles. The first-order valence-corrected chi connectivity index (χ1v) is 8.79. The van der Waals surface area contributed by atoms with Crippen molar-refractivity contribution in [1.29, 1.82) is 0 Å². The molecule has 5 nitrogen and oxygen atoms in total. The molecule has 0 saturated carbocycles. The van der Waals surface area contributed by atoms with Crippen molar-refractivity contribution in [3.05, 3.63) is 24.3 Å². The fraction of sp³-hybridized carbons (Fsp3) is 0.471. The number of anilines is 1. The van der Waals surface area contributed by atoms with Crippen molar-refractivity contribution in [3.8, 4) is 0 Å². The number of nitrogens with one attached hydrogen (secondary N) is 1. The van der Waals surface area contributed by atoms with Crippen LogP contribution >= 0.6 is 11.8 Å². The molecule has 1 N–H and O–H groups in total. The molecule has 1 aliphatic rings. The molecule has 6 heteroatoms. The predicted molar refractivity (Wildman–Crippen MR) is 91.1 cm³/mol. The lowest BCUT2D eigenvalue weighted by Crippen LogP contribution is -2.41. The molecule has 1 saturated heterocycles. The van der Waals surface area contributed by atoms with E-state index in [0.29, 0.717) is 5.69 Å². The number of thioether (sulfide) groups is 1. The molecule has 3 amide bonds. The molecule has 1 aromatic carbocycles. The zero-order valence-corrected chi connectivity index (χ0v) is 14.7. The van der Waals surface area contributed by atoms with E-state index in [-0.39, 0.29) is 36.6 Å². The van der Waals surface area contributed by atoms with E-state index in [2.05, 4.69) is 5.32 Å². The Morgan fingerprint density at radius 3 is 2.65 bits per heavy atom. The van der Waals surface area contributed by atoms with Gasteiger partial charge in [0, 0.05) is 17.0 Å². The average Bonchev–Trinajstić information content (AvgIpc) is 2.72. The Kier molecular flexibility index (Phi) is 5.14. The molecule has 23 heavy (non-hydrogen) atoms. The number of rotatable bonds is 5. The lowest BCUT2D eigenvalue weighted by atomic mass is 9.78. The Morgan fingerprint density at radius 1 is 1.39 bits per heavy atom. The summed E-state index contributed by atoms with van der Waals surface area (Å²) in [6, 6.07) is 7.43. The van der Waals surface area contributed by atoms with E-state index in [1.807, 2.05) is 38.3 Å². The van der Waals surface area contributed by atoms with Gasteiger partial charge in [0.1, 0.15) is 6.54 Å². The fourth-order valence-corrected chi connectivity index (χ4v) is 3.02. The Bertz CT molecular complexity index is 644. The van der Waals surface area contributed by atoms with Crippen molar-refractivity contribution in [2.45, 2.75) is 32.1 Å². The normalized spacial score (nSPS) is 21.2. The van der Waals surface area contributed by atoms with Crippen LogP contribution in [0.15, 0.2) is 29.2 Å². The molecule has 1 fully saturated rings. The molecular formula is C17H22N2O3S. The Hall–Kier alpha value is -1.82. The average molecular weight is 334 g/mol. The minimum Gasteiger partial charge on any atom is -0.324 e. The summed E-state index contributed by atoms with van der Waals surface area (Å²) in [5.74, 6) is -0.854. The van der Waals surface area contributed by atoms with E-state index >= 15 is 0 Å². The zero-order valence-electron chi connectivity index (χ0n) is 13.9. The minimum atomic E-state index is -0.712. The van der Waals surface area contributed by atoms with Crippen LogP contribution in [0.5, 0.6) is 0 Å². The third-order valence-corrected chi connectivity index (χ3v) is 5.21. The van der Waals surface area contributed by atoms with Gasteiger partial charge in [-0.3, -0.25) is 19.3 Å². The van der Waals surface area contributed by atoms with Crippen LogP contribution < -0.4 is 5.32 Å². The second kappa shape index (κ2) is 6.74. The topological polar surface area (TPSA) is 66.5 Å². The minimum absolute atomic E-state index is 0.0465. The maximum Gasteiger partial charge on any atom is 0.244 e. The van der Waals surface area contributed by atoms with Crippen molar-refractivity contribution in [2.75, 3.05) is 18.1 Å². The first-order valence-electron chi connectivity index (χ1n) is 7.56. The van der Waals surface area contributed by atoms with Crippen LogP contribution in [0.3, 0.4) is 0 Å². The number of carbonyl (C=O) groups is 3. The Labute approximate surface area is 140 Å². The summed E-state index contributed by atoms with van der Waals surface area (Å²) < 4.78 is 0. The van der Waals surface area contributed by atoms with Gasteiger partial charge in [-0.05, 0) is 37.3 Å². The molecule has 0 radical (unpaired) electrons. The number of imide groups is 1. The van der Waals surface area contributed by atoms with E-state index in [9.17, 15) is 14.4 Å². The van der Waals surface area contributed by atoms with Gasteiger partial charge < -0.3 is 5.32 Å². The standard InChI is InChI=1S/C17H22N2O3S/c1-11(2)17(3)9-15(21)19(16(17)22)10-14(20)18-12-6-5-7-13(8-12)23-4/h5-8,11H,9-10H2,1-4H3,(H,18,20)/t17-/m0/s1. The van der Waals surface area contributed by atoms with E-state index in [0.717, 1.165) is 9.80 Å². The molecule has 0 aromatic heterocycles. The highest BCUT2D eigenvalue weighted by molar-refractivity contribution is 7.98. The number of hydrogen-bond acceptors (Lipinski definition) is 4. The highest BCUT2D eigenvalue weighted by Gasteiger charge is 2.50. The van der Waals surface area contributed by atoms with Gasteiger partial charge in [-0.15, -0.1) is 11.8 Å². The summed E-state index contributed by atoms with van der Waals surface area (Å²) in [6.07, 6.45) is 2.12. The van der Waals surface area contributed by atoms with Gasteiger partial charge in [0.2, 0.25) is 17.7 Å². The third-order valence-electron chi connectivity index (χ3n) is 4.48. The molecule has 1 heterocycles. The molecule has 1 aromatic rings. The number of carbonyl (C=O) groups excluding carboxylic acids is 3. The number of likely N-dealkylation sites (tertiary alicyclic amines) is 1. The van der Waals surface area contributed by atoms with Crippen molar-refractivity contribution >= 4 is 35.2 Å². The van der Waals surface area contributed by atoms with Crippen LogP contribution in [0.2, 0.25) is 0 Å². The van der Waals surface area contributed by atoms with E-state index in [1.165, 1.54) is 0 Å². The van der Waals surface area contributed by atoms with Crippen LogP contribution in [0.25, 0.3) is 0 Å². The summed E-state index contributed by atoms with van der Waals surface area (Å²) in [5, 5.41) is 2.74. The first-order chi connectivity index (χ1) is 10.8. The van der Waals surface area contributed by atoms with Gasteiger partial charge >= 0.3 is 0 Å². The van der Waals surface area contributed by atoms with Crippen LogP contribution in [-0.2, 0) is 14.4 Å². The van der Waals surface area contributed by atoms with Gasteiger partial charge in [0.25, 0.3) is 0 Å². The molecule has 2 rings (SSSR count). The van der Waals surface area contributed by atoms with Gasteiger partial charge in [-0.2, -0.15) is 0 Å². The molecule has 0 spiro atoms. The van der Waals surface area contributed by atoms with Crippen LogP contribution in [0.4, 0.5) is 5.69 Å². The maximum atomic E-state index is 12.5. The second-order valence-corrected chi connectivity index (χ2v) is 7.19. The summed E-state index contributed by atoms with van der Waals surface area (Å²) in [6.45, 7) is 5.40. The van der Waals surface area contributed by atoms with Crippen molar-refractivity contribution in [1.82, 2.24) is 4.90 Å². The lowest BCUT2D eigenvalue weighted by Gasteiger charge is -2.25. The summed E-state index contributed by atoms with van der Waals surface area (Å²) in [5.41, 5.74) is -0.0524. The molecule has 124 valence electrons. The van der Waals surface area contributed by atoms with E-state index in [4.69, 9.17) is 0 Å². The summed E-state index contributed by atoms with van der Waals surface area (Å²) in [7, 11) is 0. The lowest BCUT2D eigenvalue weighted by molar-refractivity contribution is -0.144. The van der Waals surface area contributed by atoms with Gasteiger partial charge in [0.15, 0.2) is 0 Å². The third kappa shape index (κ3) is 3.58. The predicted octanol–water partition coefficient (Wildman–Crippen LogP) is 2.77. The van der Waals surface area contributed by atoms with Gasteiger partial charge in [-0.1, -0.05) is 19.9 Å². The largest absolute Gasteiger partial charge is 0.324 e. The molecule has 1 atom stereocenters. The van der Waals surface area contributed by atoms with Crippen LogP contribution in [0.1, 0.15) is 27.2 Å². The van der Waals surface area contributed by atoms with Crippen LogP contribution in [-0.4, -0.2) is 35.4 Å². The number of nitrogens with zero attached hydrogens (tertiary/aromatic N) is 1. The van der Waals surface area contributed by atoms with E-state index < -0.39 is 5.41 Å². The maximum absolute atomic E-state index is 12.5. The monoisotopic (exact) mass is 334 g/mol. The SMILES string of the molecule is CSc1cccc(NC(=O)CN2C(=O)C[C@@](C)(C(C)C)C2=O)c1. The van der Waals surface area contributed by atoms with Crippen LogP contribution in [0, 0.1) is 11.3 Å². The zero-order chi connectivity index (χ0) is 17.2. The highest BCUT2D eigenvalue weighted by atomic mass is 32.2. The molecule has 0 aliphatic carbocycles. The smallest absolute Gasteiger partial charge is 0.244 e. The summed E-state index contributed by atoms with van der Waals surface area (Å²) in [4.78, 5) is 38.9. The van der Waals surface area contributed by atoms with Crippen molar-refractivity contribution in [2.24, 2.45) is 11.3 Å². The molecular weight excluding hydrogens is 312 g/mol. The fourth-order valence-electron chi connectivity index (χ4n) is 2.56. The highest BCUT2D eigenvalue weighted by Crippen LogP contribution is 2.39. The Balaban J connectivity index is 2.05. The number of benzene rings is 1. The van der Waals surface area contributed by atoms with E-state index in [1.54, 1.807) is 24.8 Å². The quantitative estimate of drug-likeness (QED) is 0.664. The van der Waals surface area contributed by atoms with Gasteiger partial charge in [0.05, 0.1) is 5.41 Å². The number of amides is 3. The molecule has 0 unspecified atom stereocenters. The summed E-state index contributed by atoms with van der Waals surface area (Å²) >= 11 is 1.58.